The van der Waals surface area contributed by atoms with Crippen LogP contribution in [-0.4, -0.2) is 23.0 Å². The molecule has 2 aromatic rings. The predicted molar refractivity (Wildman–Crippen MR) is 75.3 cm³/mol. The van der Waals surface area contributed by atoms with Gasteiger partial charge in [0.2, 0.25) is 0 Å². The number of nitrogens with one attached hydrogen (secondary N) is 1. The molecule has 2 rings (SSSR count). The molecule has 0 radical (unpaired) electrons. The summed E-state index contributed by atoms with van der Waals surface area (Å²) in [5.41, 5.74) is 12.5. The van der Waals surface area contributed by atoms with E-state index in [4.69, 9.17) is 16.2 Å². The van der Waals surface area contributed by atoms with Crippen LogP contribution in [0.2, 0.25) is 0 Å². The van der Waals surface area contributed by atoms with Crippen LogP contribution in [0.25, 0.3) is 0 Å². The summed E-state index contributed by atoms with van der Waals surface area (Å²) in [7, 11) is 1.58. The fourth-order valence-corrected chi connectivity index (χ4v) is 1.76. The number of hydrogen-bond acceptors (Lipinski definition) is 6. The molecule has 7 nitrogen and oxygen atoms in total. The SMILES string of the molecule is COc1ccc(N)cc1CNc1nccnc1C(N)=O. The molecule has 0 atom stereocenters. The average molecular weight is 273 g/mol. The Balaban J connectivity index is 2.21. The lowest BCUT2D eigenvalue weighted by molar-refractivity contribution is 0.0996. The maximum absolute atomic E-state index is 11.2. The van der Waals surface area contributed by atoms with Crippen LogP contribution in [0.3, 0.4) is 0 Å². The van der Waals surface area contributed by atoms with Gasteiger partial charge in [-0.3, -0.25) is 4.79 Å². The molecule has 20 heavy (non-hydrogen) atoms. The number of ether oxygens (including phenoxy) is 1. The largest absolute Gasteiger partial charge is 0.496 e. The molecule has 104 valence electrons. The molecule has 0 aliphatic rings. The highest BCUT2D eigenvalue weighted by Crippen LogP contribution is 2.22. The highest BCUT2D eigenvalue weighted by Gasteiger charge is 2.11. The summed E-state index contributed by atoms with van der Waals surface area (Å²) in [5.74, 6) is 0.376. The minimum atomic E-state index is -0.639. The van der Waals surface area contributed by atoms with Gasteiger partial charge in [0.25, 0.3) is 5.91 Å². The van der Waals surface area contributed by atoms with E-state index in [9.17, 15) is 4.79 Å². The Kier molecular flexibility index (Phi) is 3.99. The number of nitrogen functional groups attached to an aromatic ring is 1. The Labute approximate surface area is 116 Å². The third-order valence-electron chi connectivity index (χ3n) is 2.68. The lowest BCUT2D eigenvalue weighted by atomic mass is 10.1. The summed E-state index contributed by atoms with van der Waals surface area (Å²) >= 11 is 0. The molecule has 0 aliphatic carbocycles. The van der Waals surface area contributed by atoms with Gasteiger partial charge in [-0.1, -0.05) is 0 Å². The Morgan fingerprint density at radius 2 is 2.10 bits per heavy atom. The standard InChI is InChI=1S/C13H15N5O2/c1-20-10-3-2-9(14)6-8(10)7-18-13-11(12(15)19)16-4-5-17-13/h2-6H,7,14H2,1H3,(H2,15,19)(H,17,18). The van der Waals surface area contributed by atoms with Gasteiger partial charge in [-0.15, -0.1) is 0 Å². The molecule has 7 heteroatoms. The van der Waals surface area contributed by atoms with Crippen molar-refractivity contribution < 1.29 is 9.53 Å². The van der Waals surface area contributed by atoms with Crippen molar-refractivity contribution >= 4 is 17.4 Å². The molecule has 0 bridgehead atoms. The van der Waals surface area contributed by atoms with Crippen LogP contribution < -0.4 is 21.5 Å². The van der Waals surface area contributed by atoms with Crippen LogP contribution in [0.15, 0.2) is 30.6 Å². The number of nitrogens with two attached hydrogens (primary N) is 2. The van der Waals surface area contributed by atoms with E-state index in [0.717, 1.165) is 5.56 Å². The Morgan fingerprint density at radius 1 is 1.35 bits per heavy atom. The number of carbonyl (C=O) groups is 1. The van der Waals surface area contributed by atoms with E-state index in [-0.39, 0.29) is 5.69 Å². The number of benzene rings is 1. The topological polar surface area (TPSA) is 116 Å². The zero-order valence-electron chi connectivity index (χ0n) is 11.0. The fourth-order valence-electron chi connectivity index (χ4n) is 1.76. The van der Waals surface area contributed by atoms with Gasteiger partial charge >= 0.3 is 0 Å². The molecule has 1 aromatic carbocycles. The van der Waals surface area contributed by atoms with E-state index in [1.54, 1.807) is 25.3 Å². The molecule has 0 unspecified atom stereocenters. The molecule has 0 aliphatic heterocycles. The molecule has 1 amide bonds. The third kappa shape index (κ3) is 2.94. The van der Waals surface area contributed by atoms with E-state index < -0.39 is 5.91 Å². The summed E-state index contributed by atoms with van der Waals surface area (Å²) in [6, 6.07) is 5.31. The molecular formula is C13H15N5O2. The van der Waals surface area contributed by atoms with Gasteiger partial charge in [0.05, 0.1) is 7.11 Å². The van der Waals surface area contributed by atoms with Crippen molar-refractivity contribution in [3.63, 3.8) is 0 Å². The van der Waals surface area contributed by atoms with Crippen molar-refractivity contribution in [2.45, 2.75) is 6.54 Å². The number of aromatic nitrogens is 2. The number of amides is 1. The summed E-state index contributed by atoms with van der Waals surface area (Å²) in [6.07, 6.45) is 2.89. The van der Waals surface area contributed by atoms with E-state index >= 15 is 0 Å². The van der Waals surface area contributed by atoms with Crippen LogP contribution in [0.1, 0.15) is 16.1 Å². The fraction of sp³-hybridized carbons (Fsp3) is 0.154. The van der Waals surface area contributed by atoms with Gasteiger partial charge in [0.1, 0.15) is 5.75 Å². The normalized spacial score (nSPS) is 10.1. The highest BCUT2D eigenvalue weighted by molar-refractivity contribution is 5.95. The number of primary amides is 1. The van der Waals surface area contributed by atoms with E-state index in [2.05, 4.69) is 15.3 Å². The first-order valence-electron chi connectivity index (χ1n) is 5.89. The van der Waals surface area contributed by atoms with E-state index in [1.807, 2.05) is 0 Å². The minimum absolute atomic E-state index is 0.0929. The van der Waals surface area contributed by atoms with Crippen molar-refractivity contribution in [3.05, 3.63) is 41.9 Å². The molecule has 1 aromatic heterocycles. The lowest BCUT2D eigenvalue weighted by Crippen LogP contribution is -2.17. The molecule has 5 N–H and O–H groups in total. The average Bonchev–Trinajstić information content (AvgIpc) is 2.45. The van der Waals surface area contributed by atoms with Crippen molar-refractivity contribution in [1.82, 2.24) is 9.97 Å². The van der Waals surface area contributed by atoms with Gasteiger partial charge < -0.3 is 21.5 Å². The molecule has 1 heterocycles. The summed E-state index contributed by atoms with van der Waals surface area (Å²) < 4.78 is 5.24. The van der Waals surface area contributed by atoms with Gasteiger partial charge in [-0.2, -0.15) is 0 Å². The Hall–Kier alpha value is -2.83. The van der Waals surface area contributed by atoms with Gasteiger partial charge in [0.15, 0.2) is 11.5 Å². The maximum atomic E-state index is 11.2. The maximum Gasteiger partial charge on any atom is 0.271 e. The van der Waals surface area contributed by atoms with Crippen LogP contribution >= 0.6 is 0 Å². The van der Waals surface area contributed by atoms with Crippen molar-refractivity contribution in [2.75, 3.05) is 18.2 Å². The van der Waals surface area contributed by atoms with Crippen molar-refractivity contribution in [2.24, 2.45) is 5.73 Å². The number of rotatable bonds is 5. The highest BCUT2D eigenvalue weighted by atomic mass is 16.5. The predicted octanol–water partition coefficient (Wildman–Crippen LogP) is 0.778. The second kappa shape index (κ2) is 5.87. The third-order valence-corrected chi connectivity index (χ3v) is 2.68. The van der Waals surface area contributed by atoms with Gasteiger partial charge in [-0.05, 0) is 18.2 Å². The van der Waals surface area contributed by atoms with Crippen LogP contribution in [-0.2, 0) is 6.54 Å². The smallest absolute Gasteiger partial charge is 0.271 e. The quantitative estimate of drug-likeness (QED) is 0.693. The zero-order chi connectivity index (χ0) is 14.5. The van der Waals surface area contributed by atoms with E-state index in [1.165, 1.54) is 12.4 Å². The van der Waals surface area contributed by atoms with Crippen LogP contribution in [0, 0.1) is 0 Å². The second-order valence-electron chi connectivity index (χ2n) is 4.04. The molecule has 0 saturated carbocycles. The van der Waals surface area contributed by atoms with Crippen LogP contribution in [0.4, 0.5) is 11.5 Å². The monoisotopic (exact) mass is 273 g/mol. The molecule has 0 spiro atoms. The minimum Gasteiger partial charge on any atom is -0.496 e. The number of anilines is 2. The second-order valence-corrected chi connectivity index (χ2v) is 4.04. The zero-order valence-corrected chi connectivity index (χ0v) is 11.0. The molecule has 0 saturated heterocycles. The summed E-state index contributed by atoms with van der Waals surface area (Å²) in [6.45, 7) is 0.382. The van der Waals surface area contributed by atoms with Gasteiger partial charge in [-0.25, -0.2) is 9.97 Å². The lowest BCUT2D eigenvalue weighted by Gasteiger charge is -2.11. The first kappa shape index (κ1) is 13.6. The summed E-state index contributed by atoms with van der Waals surface area (Å²) in [5, 5.41) is 3.00. The Bertz CT molecular complexity index is 630. The molecular weight excluding hydrogens is 258 g/mol. The van der Waals surface area contributed by atoms with Crippen molar-refractivity contribution in [3.8, 4) is 5.75 Å². The number of methoxy groups -OCH3 is 1. The number of nitrogens with zero attached hydrogens (tertiary/aromatic N) is 2. The van der Waals surface area contributed by atoms with Crippen LogP contribution in [0.5, 0.6) is 5.75 Å². The van der Waals surface area contributed by atoms with Gasteiger partial charge in [0, 0.05) is 30.2 Å². The first-order chi connectivity index (χ1) is 9.61. The Morgan fingerprint density at radius 3 is 2.80 bits per heavy atom. The first-order valence-corrected chi connectivity index (χ1v) is 5.89. The van der Waals surface area contributed by atoms with E-state index in [0.29, 0.717) is 23.8 Å². The summed E-state index contributed by atoms with van der Waals surface area (Å²) in [4.78, 5) is 19.2. The number of carbonyl (C=O) groups excluding carboxylic acids is 1. The number of hydrogen-bond donors (Lipinski definition) is 3. The molecule has 0 fully saturated rings. The van der Waals surface area contributed by atoms with Crippen molar-refractivity contribution in [1.29, 1.82) is 0 Å².